The van der Waals surface area contributed by atoms with Gasteiger partial charge in [-0.3, -0.25) is 0 Å². The van der Waals surface area contributed by atoms with E-state index in [1.807, 2.05) is 20.8 Å². The van der Waals surface area contributed by atoms with Crippen molar-refractivity contribution in [1.82, 2.24) is 0 Å². The van der Waals surface area contributed by atoms with Crippen LogP contribution in [0.5, 0.6) is 0 Å². The molecule has 4 heteroatoms. The summed E-state index contributed by atoms with van der Waals surface area (Å²) in [5.74, 6) is -0.424. The highest BCUT2D eigenvalue weighted by Gasteiger charge is 2.16. The SMILES string of the molecule is CCOC(C)c1cc(C(=O)OC)c(N)cc1C. The Bertz CT molecular complexity index is 415. The molecule has 2 N–H and O–H groups in total. The lowest BCUT2D eigenvalue weighted by Crippen LogP contribution is -2.10. The third-order valence-corrected chi connectivity index (χ3v) is 2.70. The molecule has 0 heterocycles. The normalized spacial score (nSPS) is 12.2. The number of esters is 1. The van der Waals surface area contributed by atoms with Crippen LogP contribution in [-0.2, 0) is 9.47 Å². The topological polar surface area (TPSA) is 61.5 Å². The Morgan fingerprint density at radius 1 is 1.47 bits per heavy atom. The monoisotopic (exact) mass is 237 g/mol. The summed E-state index contributed by atoms with van der Waals surface area (Å²) in [6.07, 6.45) is -0.0657. The third kappa shape index (κ3) is 2.97. The summed E-state index contributed by atoms with van der Waals surface area (Å²) >= 11 is 0. The zero-order valence-electron chi connectivity index (χ0n) is 10.7. The predicted molar refractivity (Wildman–Crippen MR) is 67.0 cm³/mol. The van der Waals surface area contributed by atoms with Crippen LogP contribution < -0.4 is 5.73 Å². The van der Waals surface area contributed by atoms with Crippen LogP contribution in [-0.4, -0.2) is 19.7 Å². The van der Waals surface area contributed by atoms with Crippen molar-refractivity contribution >= 4 is 11.7 Å². The van der Waals surface area contributed by atoms with Crippen LogP contribution in [0.25, 0.3) is 0 Å². The van der Waals surface area contributed by atoms with E-state index in [1.54, 1.807) is 12.1 Å². The van der Waals surface area contributed by atoms with E-state index in [0.29, 0.717) is 17.9 Å². The van der Waals surface area contributed by atoms with Gasteiger partial charge >= 0.3 is 5.97 Å². The van der Waals surface area contributed by atoms with Gasteiger partial charge in [-0.15, -0.1) is 0 Å². The fraction of sp³-hybridized carbons (Fsp3) is 0.462. The molecule has 0 spiro atoms. The lowest BCUT2D eigenvalue weighted by Gasteiger charge is -2.17. The minimum absolute atomic E-state index is 0.0657. The molecule has 0 amide bonds. The van der Waals surface area contributed by atoms with Gasteiger partial charge in [-0.1, -0.05) is 0 Å². The average Bonchev–Trinajstić information content (AvgIpc) is 2.28. The number of nitrogen functional groups attached to an aromatic ring is 1. The van der Waals surface area contributed by atoms with Crippen molar-refractivity contribution in [1.29, 1.82) is 0 Å². The summed E-state index contributed by atoms with van der Waals surface area (Å²) in [6.45, 7) is 6.45. The molecule has 94 valence electrons. The molecule has 0 aliphatic heterocycles. The molecular weight excluding hydrogens is 218 g/mol. The van der Waals surface area contributed by atoms with Crippen LogP contribution in [0, 0.1) is 6.92 Å². The molecule has 1 atom stereocenters. The summed E-state index contributed by atoms with van der Waals surface area (Å²) in [5.41, 5.74) is 8.59. The average molecular weight is 237 g/mol. The zero-order valence-corrected chi connectivity index (χ0v) is 10.7. The molecule has 1 unspecified atom stereocenters. The van der Waals surface area contributed by atoms with Crippen molar-refractivity contribution in [2.45, 2.75) is 26.9 Å². The molecule has 4 nitrogen and oxygen atoms in total. The molecule has 0 aliphatic carbocycles. The van der Waals surface area contributed by atoms with Crippen LogP contribution in [0.15, 0.2) is 12.1 Å². The number of rotatable bonds is 4. The van der Waals surface area contributed by atoms with Crippen molar-refractivity contribution in [3.05, 3.63) is 28.8 Å². The van der Waals surface area contributed by atoms with Crippen molar-refractivity contribution in [2.24, 2.45) is 0 Å². The summed E-state index contributed by atoms with van der Waals surface area (Å²) in [6, 6.07) is 3.52. The number of carbonyl (C=O) groups is 1. The second kappa shape index (κ2) is 5.68. The van der Waals surface area contributed by atoms with E-state index in [-0.39, 0.29) is 6.10 Å². The second-order valence-electron chi connectivity index (χ2n) is 3.89. The highest BCUT2D eigenvalue weighted by Crippen LogP contribution is 2.26. The number of hydrogen-bond donors (Lipinski definition) is 1. The van der Waals surface area contributed by atoms with Crippen LogP contribution in [0.1, 0.15) is 41.4 Å². The molecular formula is C13H19NO3. The number of anilines is 1. The number of methoxy groups -OCH3 is 1. The van der Waals surface area contributed by atoms with Gasteiger partial charge in [0, 0.05) is 12.3 Å². The number of benzene rings is 1. The van der Waals surface area contributed by atoms with E-state index in [0.717, 1.165) is 11.1 Å². The predicted octanol–water partition coefficient (Wildman–Crippen LogP) is 2.46. The Labute approximate surface area is 102 Å². The summed E-state index contributed by atoms with van der Waals surface area (Å²) in [7, 11) is 1.34. The molecule has 0 aromatic heterocycles. The maximum Gasteiger partial charge on any atom is 0.339 e. The Hall–Kier alpha value is -1.55. The van der Waals surface area contributed by atoms with Crippen LogP contribution in [0.3, 0.4) is 0 Å². The molecule has 0 aliphatic rings. The minimum atomic E-state index is -0.424. The Balaban J connectivity index is 3.18. The van der Waals surface area contributed by atoms with E-state index in [4.69, 9.17) is 15.2 Å². The molecule has 1 aromatic carbocycles. The van der Waals surface area contributed by atoms with Crippen molar-refractivity contribution in [3.63, 3.8) is 0 Å². The smallest absolute Gasteiger partial charge is 0.339 e. The number of aryl methyl sites for hydroxylation is 1. The number of nitrogens with two attached hydrogens (primary N) is 1. The van der Waals surface area contributed by atoms with Gasteiger partial charge in [0.2, 0.25) is 0 Å². The first-order valence-electron chi connectivity index (χ1n) is 5.61. The standard InChI is InChI=1S/C13H19NO3/c1-5-17-9(3)10-7-11(13(15)16-4)12(14)6-8(10)2/h6-7,9H,5,14H2,1-4H3. The molecule has 1 rings (SSSR count). The maximum atomic E-state index is 11.5. The van der Waals surface area contributed by atoms with Gasteiger partial charge in [-0.25, -0.2) is 4.79 Å². The third-order valence-electron chi connectivity index (χ3n) is 2.70. The van der Waals surface area contributed by atoms with Crippen molar-refractivity contribution in [3.8, 4) is 0 Å². The Kier molecular flexibility index (Phi) is 4.52. The molecule has 0 bridgehead atoms. The first-order chi connectivity index (χ1) is 8.01. The fourth-order valence-corrected chi connectivity index (χ4v) is 1.81. The van der Waals surface area contributed by atoms with Gasteiger partial charge in [0.25, 0.3) is 0 Å². The maximum absolute atomic E-state index is 11.5. The van der Waals surface area contributed by atoms with Crippen molar-refractivity contribution < 1.29 is 14.3 Å². The summed E-state index contributed by atoms with van der Waals surface area (Å²) in [4.78, 5) is 11.5. The van der Waals surface area contributed by atoms with Gasteiger partial charge in [-0.05, 0) is 44.0 Å². The van der Waals surface area contributed by atoms with Gasteiger partial charge in [0.1, 0.15) is 0 Å². The molecule has 0 saturated heterocycles. The minimum Gasteiger partial charge on any atom is -0.465 e. The second-order valence-corrected chi connectivity index (χ2v) is 3.89. The lowest BCUT2D eigenvalue weighted by atomic mass is 9.99. The number of carbonyl (C=O) groups excluding carboxylic acids is 1. The van der Waals surface area contributed by atoms with Gasteiger partial charge in [0.15, 0.2) is 0 Å². The highest BCUT2D eigenvalue weighted by atomic mass is 16.5. The van der Waals surface area contributed by atoms with E-state index < -0.39 is 5.97 Å². The molecule has 17 heavy (non-hydrogen) atoms. The van der Waals surface area contributed by atoms with E-state index in [2.05, 4.69) is 0 Å². The largest absolute Gasteiger partial charge is 0.465 e. The Morgan fingerprint density at radius 2 is 2.12 bits per heavy atom. The lowest BCUT2D eigenvalue weighted by molar-refractivity contribution is 0.0600. The molecule has 0 saturated carbocycles. The van der Waals surface area contributed by atoms with E-state index >= 15 is 0 Å². The van der Waals surface area contributed by atoms with Crippen molar-refractivity contribution in [2.75, 3.05) is 19.5 Å². The van der Waals surface area contributed by atoms with Crippen LogP contribution in [0.2, 0.25) is 0 Å². The zero-order chi connectivity index (χ0) is 13.0. The van der Waals surface area contributed by atoms with Crippen LogP contribution in [0.4, 0.5) is 5.69 Å². The van der Waals surface area contributed by atoms with E-state index in [9.17, 15) is 4.79 Å². The van der Waals surface area contributed by atoms with Crippen LogP contribution >= 0.6 is 0 Å². The van der Waals surface area contributed by atoms with Gasteiger partial charge in [0.05, 0.1) is 18.8 Å². The molecule has 0 fully saturated rings. The van der Waals surface area contributed by atoms with Gasteiger partial charge in [-0.2, -0.15) is 0 Å². The summed E-state index contributed by atoms with van der Waals surface area (Å²) < 4.78 is 10.2. The highest BCUT2D eigenvalue weighted by molar-refractivity contribution is 5.95. The molecule has 1 aromatic rings. The fourth-order valence-electron chi connectivity index (χ4n) is 1.81. The first kappa shape index (κ1) is 13.5. The number of hydrogen-bond acceptors (Lipinski definition) is 4. The first-order valence-corrected chi connectivity index (χ1v) is 5.61. The quantitative estimate of drug-likeness (QED) is 0.645. The van der Waals surface area contributed by atoms with Gasteiger partial charge < -0.3 is 15.2 Å². The summed E-state index contributed by atoms with van der Waals surface area (Å²) in [5, 5.41) is 0. The Morgan fingerprint density at radius 3 is 2.65 bits per heavy atom. The molecule has 0 radical (unpaired) electrons. The van der Waals surface area contributed by atoms with E-state index in [1.165, 1.54) is 7.11 Å². The number of ether oxygens (including phenoxy) is 2.